The van der Waals surface area contributed by atoms with Crippen LogP contribution in [0, 0.1) is 12.8 Å². The molecule has 0 spiro atoms. The summed E-state index contributed by atoms with van der Waals surface area (Å²) in [5.74, 6) is 0.0846. The van der Waals surface area contributed by atoms with Gasteiger partial charge in [-0.2, -0.15) is 4.31 Å². The van der Waals surface area contributed by atoms with Gasteiger partial charge in [0.15, 0.2) is 0 Å². The summed E-state index contributed by atoms with van der Waals surface area (Å²) in [7, 11) is -2.15. The van der Waals surface area contributed by atoms with E-state index in [0.29, 0.717) is 29.8 Å². The number of hydrogen-bond acceptors (Lipinski definition) is 6. The number of piperidine rings is 1. The fourth-order valence-electron chi connectivity index (χ4n) is 4.66. The molecule has 1 aromatic heterocycles. The zero-order chi connectivity index (χ0) is 25.0. The Bertz CT molecular complexity index is 1160. The molecule has 0 saturated carbocycles. The van der Waals surface area contributed by atoms with Crippen LogP contribution in [-0.4, -0.2) is 62.7 Å². The van der Waals surface area contributed by atoms with Gasteiger partial charge in [0, 0.05) is 37.5 Å². The van der Waals surface area contributed by atoms with Crippen LogP contribution in [0.5, 0.6) is 5.75 Å². The van der Waals surface area contributed by atoms with Crippen LogP contribution in [0.15, 0.2) is 33.9 Å². The van der Waals surface area contributed by atoms with E-state index < -0.39 is 10.0 Å². The maximum absolute atomic E-state index is 13.2. The molecule has 8 nitrogen and oxygen atoms in total. The zero-order valence-corrected chi connectivity index (χ0v) is 21.9. The fourth-order valence-corrected chi connectivity index (χ4v) is 7.44. The average Bonchev–Trinajstić information content (AvgIpc) is 3.21. The summed E-state index contributed by atoms with van der Waals surface area (Å²) in [5, 5.41) is 4.59. The Hall–Kier alpha value is -2.43. The third-order valence-corrected chi connectivity index (χ3v) is 10.1. The highest BCUT2D eigenvalue weighted by molar-refractivity contribution is 7.91. The first-order chi connectivity index (χ1) is 16.8. The lowest BCUT2D eigenvalue weighted by molar-refractivity contribution is -0.120. The molecule has 0 bridgehead atoms. The van der Waals surface area contributed by atoms with Gasteiger partial charge in [-0.05, 0) is 56.4 Å². The molecule has 0 atom stereocenters. The lowest BCUT2D eigenvalue weighted by Crippen LogP contribution is -2.41. The average molecular weight is 520 g/mol. The van der Waals surface area contributed by atoms with Crippen molar-refractivity contribution in [3.05, 3.63) is 40.8 Å². The second-order valence-electron chi connectivity index (χ2n) is 9.23. The second-order valence-corrected chi connectivity index (χ2v) is 12.3. The molecule has 10 heteroatoms. The van der Waals surface area contributed by atoms with Gasteiger partial charge in [0.05, 0.1) is 18.4 Å². The van der Waals surface area contributed by atoms with Gasteiger partial charge in [0.25, 0.3) is 15.9 Å². The molecule has 1 aromatic carbocycles. The van der Waals surface area contributed by atoms with Gasteiger partial charge in [-0.1, -0.05) is 18.9 Å². The number of amides is 2. The van der Waals surface area contributed by atoms with Crippen molar-refractivity contribution in [2.24, 2.45) is 5.92 Å². The molecule has 2 aromatic rings. The lowest BCUT2D eigenvalue weighted by atomic mass is 9.97. The number of thiophene rings is 1. The van der Waals surface area contributed by atoms with Crippen molar-refractivity contribution >= 4 is 38.9 Å². The van der Waals surface area contributed by atoms with Crippen LogP contribution in [0.4, 0.5) is 5.69 Å². The molecule has 0 radical (unpaired) electrons. The largest absolute Gasteiger partial charge is 0.495 e. The minimum Gasteiger partial charge on any atom is -0.495 e. The van der Waals surface area contributed by atoms with Crippen LogP contribution in [-0.2, 0) is 14.8 Å². The number of nitrogens with zero attached hydrogens (tertiary/aromatic N) is 2. The number of rotatable bonds is 6. The summed E-state index contributed by atoms with van der Waals surface area (Å²) >= 11 is 1.09. The number of sulfonamides is 1. The number of anilines is 1. The number of nitrogens with one attached hydrogen (secondary N) is 1. The summed E-state index contributed by atoms with van der Waals surface area (Å²) in [6.45, 7) is 3.91. The predicted molar refractivity (Wildman–Crippen MR) is 137 cm³/mol. The predicted octanol–water partition coefficient (Wildman–Crippen LogP) is 4.12. The van der Waals surface area contributed by atoms with Crippen molar-refractivity contribution in [3.63, 3.8) is 0 Å². The zero-order valence-electron chi connectivity index (χ0n) is 20.3. The SMILES string of the molecule is COc1ccc(C)cc1NC(=O)C1CCN(S(=O)(=O)c2cc(C(=O)N3CCCCCC3)cs2)CC1. The fraction of sp³-hybridized carbons (Fsp3) is 0.520. The highest BCUT2D eigenvalue weighted by Crippen LogP contribution is 2.31. The molecule has 2 saturated heterocycles. The van der Waals surface area contributed by atoms with Gasteiger partial charge in [0.1, 0.15) is 9.96 Å². The Morgan fingerprint density at radius 1 is 1.03 bits per heavy atom. The number of benzene rings is 1. The van der Waals surface area contributed by atoms with Gasteiger partial charge < -0.3 is 15.0 Å². The lowest BCUT2D eigenvalue weighted by Gasteiger charge is -2.30. The molecule has 35 heavy (non-hydrogen) atoms. The smallest absolute Gasteiger partial charge is 0.254 e. The highest BCUT2D eigenvalue weighted by atomic mass is 32.2. The third kappa shape index (κ3) is 5.87. The number of likely N-dealkylation sites (tertiary alicyclic amines) is 1. The number of methoxy groups -OCH3 is 1. The normalized spacial score (nSPS) is 18.2. The number of hydrogen-bond donors (Lipinski definition) is 1. The van der Waals surface area contributed by atoms with E-state index in [1.807, 2.05) is 30.0 Å². The first kappa shape index (κ1) is 25.7. The Labute approximate surface area is 211 Å². The van der Waals surface area contributed by atoms with Gasteiger partial charge >= 0.3 is 0 Å². The van der Waals surface area contributed by atoms with Crippen molar-refractivity contribution in [3.8, 4) is 5.75 Å². The molecule has 0 unspecified atom stereocenters. The van der Waals surface area contributed by atoms with Gasteiger partial charge in [0.2, 0.25) is 5.91 Å². The minimum atomic E-state index is -3.71. The van der Waals surface area contributed by atoms with E-state index in [4.69, 9.17) is 4.74 Å². The summed E-state index contributed by atoms with van der Waals surface area (Å²) in [5.41, 5.74) is 2.07. The van der Waals surface area contributed by atoms with Crippen molar-refractivity contribution in [2.45, 2.75) is 49.7 Å². The molecule has 0 aliphatic carbocycles. The number of carbonyl (C=O) groups excluding carboxylic acids is 2. The monoisotopic (exact) mass is 519 g/mol. The molecule has 4 rings (SSSR count). The van der Waals surface area contributed by atoms with Crippen molar-refractivity contribution < 1.29 is 22.7 Å². The van der Waals surface area contributed by atoms with Crippen LogP contribution < -0.4 is 10.1 Å². The molecule has 2 amide bonds. The molecular formula is C25H33N3O5S2. The van der Waals surface area contributed by atoms with E-state index in [1.54, 1.807) is 12.5 Å². The van der Waals surface area contributed by atoms with E-state index in [9.17, 15) is 18.0 Å². The Kier molecular flexibility index (Phi) is 8.13. The number of ether oxygens (including phenoxy) is 1. The number of carbonyl (C=O) groups is 2. The summed E-state index contributed by atoms with van der Waals surface area (Å²) in [4.78, 5) is 27.6. The minimum absolute atomic E-state index is 0.0912. The van der Waals surface area contributed by atoms with E-state index in [2.05, 4.69) is 5.32 Å². The topological polar surface area (TPSA) is 96.0 Å². The van der Waals surface area contributed by atoms with E-state index >= 15 is 0 Å². The Morgan fingerprint density at radius 3 is 2.37 bits per heavy atom. The molecule has 3 heterocycles. The molecule has 1 N–H and O–H groups in total. The van der Waals surface area contributed by atoms with Gasteiger partial charge in [-0.3, -0.25) is 9.59 Å². The quantitative estimate of drug-likeness (QED) is 0.619. The van der Waals surface area contributed by atoms with E-state index in [-0.39, 0.29) is 35.0 Å². The molecule has 2 fully saturated rings. The van der Waals surface area contributed by atoms with Crippen molar-refractivity contribution in [2.75, 3.05) is 38.6 Å². The van der Waals surface area contributed by atoms with Crippen LogP contribution in [0.2, 0.25) is 0 Å². The Balaban J connectivity index is 1.37. The second kappa shape index (κ2) is 11.1. The van der Waals surface area contributed by atoms with Crippen LogP contribution in [0.1, 0.15) is 54.4 Å². The molecule has 2 aliphatic rings. The maximum Gasteiger partial charge on any atom is 0.254 e. The summed E-state index contributed by atoms with van der Waals surface area (Å²) < 4.78 is 33.4. The van der Waals surface area contributed by atoms with Crippen LogP contribution in [0.25, 0.3) is 0 Å². The Morgan fingerprint density at radius 2 is 1.71 bits per heavy atom. The van der Waals surface area contributed by atoms with E-state index in [1.165, 1.54) is 10.4 Å². The first-order valence-corrected chi connectivity index (χ1v) is 14.4. The van der Waals surface area contributed by atoms with Crippen LogP contribution in [0.3, 0.4) is 0 Å². The summed E-state index contributed by atoms with van der Waals surface area (Å²) in [6, 6.07) is 7.09. The van der Waals surface area contributed by atoms with E-state index in [0.717, 1.165) is 55.7 Å². The van der Waals surface area contributed by atoms with Gasteiger partial charge in [-0.25, -0.2) is 8.42 Å². The van der Waals surface area contributed by atoms with Crippen molar-refractivity contribution in [1.82, 2.24) is 9.21 Å². The van der Waals surface area contributed by atoms with Crippen LogP contribution >= 0.6 is 11.3 Å². The standard InChI is InChI=1S/C25H33N3O5S2/c1-18-7-8-22(33-2)21(15-18)26-24(29)19-9-13-28(14-10-19)35(31,32)23-16-20(17-34-23)25(30)27-11-5-3-4-6-12-27/h7-8,15-17,19H,3-6,9-14H2,1-2H3,(H,26,29). The van der Waals surface area contributed by atoms with Crippen molar-refractivity contribution in [1.29, 1.82) is 0 Å². The first-order valence-electron chi connectivity index (χ1n) is 12.1. The highest BCUT2D eigenvalue weighted by Gasteiger charge is 2.34. The molecule has 190 valence electrons. The molecular weight excluding hydrogens is 486 g/mol. The third-order valence-electron chi connectivity index (χ3n) is 6.75. The van der Waals surface area contributed by atoms with Gasteiger partial charge in [-0.15, -0.1) is 11.3 Å². The maximum atomic E-state index is 13.2. The molecule has 2 aliphatic heterocycles. The number of aryl methyl sites for hydroxylation is 1. The summed E-state index contributed by atoms with van der Waals surface area (Å²) in [6.07, 6.45) is 5.09.